The molecule has 0 saturated heterocycles. The third-order valence-corrected chi connectivity index (χ3v) is 3.92. The van der Waals surface area contributed by atoms with Gasteiger partial charge in [0.05, 0.1) is 6.61 Å². The molecule has 0 saturated carbocycles. The largest absolute Gasteiger partial charge is 0.479 e. The van der Waals surface area contributed by atoms with Crippen molar-refractivity contribution in [2.45, 2.75) is 63.6 Å². The monoisotopic (exact) mass is 410 g/mol. The van der Waals surface area contributed by atoms with Crippen LogP contribution >= 0.6 is 0 Å². The van der Waals surface area contributed by atoms with E-state index in [0.717, 1.165) is 0 Å². The van der Waals surface area contributed by atoms with Crippen LogP contribution in [0, 0.1) is 5.92 Å². The van der Waals surface area contributed by atoms with Crippen LogP contribution in [-0.4, -0.2) is 91.6 Å². The Labute approximate surface area is 160 Å². The highest BCUT2D eigenvalue weighted by Gasteiger charge is 2.36. The van der Waals surface area contributed by atoms with Crippen molar-refractivity contribution in [2.75, 3.05) is 6.61 Å². The number of hydrogen-bond donors (Lipinski definition) is 6. The van der Waals surface area contributed by atoms with Gasteiger partial charge in [0.1, 0.15) is 6.10 Å². The fourth-order valence-corrected chi connectivity index (χ4v) is 2.18. The lowest BCUT2D eigenvalue weighted by atomic mass is 9.96. The second-order valence-corrected chi connectivity index (χ2v) is 6.02. The molecule has 6 N–H and O–H groups in total. The first-order valence-corrected chi connectivity index (χ1v) is 8.52. The molecule has 0 aliphatic rings. The maximum atomic E-state index is 11.9. The van der Waals surface area contributed by atoms with Crippen LogP contribution < -0.4 is 0 Å². The number of carboxylic acids is 2. The van der Waals surface area contributed by atoms with E-state index in [1.54, 1.807) is 13.8 Å². The van der Waals surface area contributed by atoms with Gasteiger partial charge in [-0.15, -0.1) is 0 Å². The van der Waals surface area contributed by atoms with Gasteiger partial charge < -0.3 is 40.1 Å². The van der Waals surface area contributed by atoms with Gasteiger partial charge in [0.25, 0.3) is 0 Å². The summed E-state index contributed by atoms with van der Waals surface area (Å²) in [6, 6.07) is 0. The van der Waals surface area contributed by atoms with Gasteiger partial charge in [-0.25, -0.2) is 19.2 Å². The molecule has 0 radical (unpaired) electrons. The fourth-order valence-electron chi connectivity index (χ4n) is 2.18. The van der Waals surface area contributed by atoms with E-state index in [0.29, 0.717) is 12.8 Å². The molecular weight excluding hydrogens is 384 g/mol. The van der Waals surface area contributed by atoms with Crippen LogP contribution in [0.4, 0.5) is 0 Å². The Kier molecular flexibility index (Phi) is 11.2. The predicted octanol–water partition coefficient (Wildman–Crippen LogP) is -2.12. The highest BCUT2D eigenvalue weighted by atomic mass is 16.6. The molecule has 0 aromatic carbocycles. The van der Waals surface area contributed by atoms with Gasteiger partial charge >= 0.3 is 23.9 Å². The summed E-state index contributed by atoms with van der Waals surface area (Å²) in [5.74, 6) is -7.05. The molecule has 0 heterocycles. The zero-order chi connectivity index (χ0) is 22.0. The maximum Gasteiger partial charge on any atom is 0.338 e. The lowest BCUT2D eigenvalue weighted by molar-refractivity contribution is -0.179. The number of aliphatic carboxylic acids is 2. The number of rotatable bonds is 13. The van der Waals surface area contributed by atoms with Crippen LogP contribution in [0.3, 0.4) is 0 Å². The standard InChI is InChI=1S/C16H26O12/c1-3-5-8(28-16(26)12(20)10(18)14(23)24)7(4-2)6-27-15(25)11(19)9(17)13(21)22/h7-12,17-20H,3-6H2,1-2H3,(H,21,22)(H,23,24). The maximum absolute atomic E-state index is 11.9. The van der Waals surface area contributed by atoms with E-state index in [4.69, 9.17) is 24.8 Å². The van der Waals surface area contributed by atoms with E-state index in [1.807, 2.05) is 0 Å². The molecule has 6 unspecified atom stereocenters. The van der Waals surface area contributed by atoms with Gasteiger partial charge in [-0.1, -0.05) is 20.3 Å². The van der Waals surface area contributed by atoms with Gasteiger partial charge in [0.2, 0.25) is 0 Å². The van der Waals surface area contributed by atoms with Crippen molar-refractivity contribution in [1.29, 1.82) is 0 Å². The number of carbonyl (C=O) groups excluding carboxylic acids is 2. The van der Waals surface area contributed by atoms with Crippen LogP contribution in [0.25, 0.3) is 0 Å². The number of aliphatic hydroxyl groups is 4. The number of carboxylic acid groups (broad SMARTS) is 2. The van der Waals surface area contributed by atoms with Gasteiger partial charge in [-0.3, -0.25) is 0 Å². The molecule has 6 atom stereocenters. The minimum atomic E-state index is -2.37. The Morgan fingerprint density at radius 3 is 1.64 bits per heavy atom. The van der Waals surface area contributed by atoms with Gasteiger partial charge in [-0.05, 0) is 12.8 Å². The summed E-state index contributed by atoms with van der Waals surface area (Å²) in [6.07, 6.45) is -9.25. The van der Waals surface area contributed by atoms with E-state index in [1.165, 1.54) is 0 Å². The average Bonchev–Trinajstić information content (AvgIpc) is 2.65. The summed E-state index contributed by atoms with van der Waals surface area (Å²) in [5.41, 5.74) is 0. The van der Waals surface area contributed by atoms with Crippen molar-refractivity contribution in [3.8, 4) is 0 Å². The second-order valence-electron chi connectivity index (χ2n) is 6.02. The number of hydrogen-bond acceptors (Lipinski definition) is 10. The summed E-state index contributed by atoms with van der Waals surface area (Å²) in [6.45, 7) is 2.99. The molecule has 0 aliphatic carbocycles. The number of carbonyl (C=O) groups is 4. The Hall–Kier alpha value is -2.28. The molecule has 28 heavy (non-hydrogen) atoms. The van der Waals surface area contributed by atoms with Crippen molar-refractivity contribution >= 4 is 23.9 Å². The number of aliphatic hydroxyl groups excluding tert-OH is 4. The summed E-state index contributed by atoms with van der Waals surface area (Å²) >= 11 is 0. The summed E-state index contributed by atoms with van der Waals surface area (Å²) in [4.78, 5) is 44.7. The lowest BCUT2D eigenvalue weighted by Gasteiger charge is -2.27. The minimum Gasteiger partial charge on any atom is -0.479 e. The normalized spacial score (nSPS) is 17.5. The molecular formula is C16H26O12. The first-order chi connectivity index (χ1) is 13.0. The Morgan fingerprint density at radius 2 is 1.25 bits per heavy atom. The molecule has 0 aromatic heterocycles. The van der Waals surface area contributed by atoms with Crippen molar-refractivity contribution in [3.05, 3.63) is 0 Å². The van der Waals surface area contributed by atoms with Gasteiger partial charge in [0.15, 0.2) is 24.4 Å². The fraction of sp³-hybridized carbons (Fsp3) is 0.750. The molecule has 0 aliphatic heterocycles. The molecule has 0 aromatic rings. The third-order valence-electron chi connectivity index (χ3n) is 3.92. The summed E-state index contributed by atoms with van der Waals surface area (Å²) in [5, 5.41) is 54.5. The lowest BCUT2D eigenvalue weighted by Crippen LogP contribution is -2.44. The van der Waals surface area contributed by atoms with Gasteiger partial charge in [-0.2, -0.15) is 0 Å². The van der Waals surface area contributed by atoms with Crippen molar-refractivity contribution < 1.29 is 59.3 Å². The molecule has 162 valence electrons. The SMILES string of the molecule is CCCC(OC(=O)C(O)C(O)C(=O)O)C(CC)COC(=O)C(O)C(O)C(=O)O. The first kappa shape index (κ1) is 25.7. The van der Waals surface area contributed by atoms with E-state index < -0.39 is 66.9 Å². The zero-order valence-corrected chi connectivity index (χ0v) is 15.4. The van der Waals surface area contributed by atoms with Crippen LogP contribution in [0.5, 0.6) is 0 Å². The van der Waals surface area contributed by atoms with Crippen LogP contribution in [-0.2, 0) is 28.7 Å². The topological polar surface area (TPSA) is 208 Å². The van der Waals surface area contributed by atoms with E-state index in [9.17, 15) is 34.5 Å². The summed E-state index contributed by atoms with van der Waals surface area (Å²) < 4.78 is 9.82. The smallest absolute Gasteiger partial charge is 0.338 e. The first-order valence-electron chi connectivity index (χ1n) is 8.52. The number of ether oxygens (including phenoxy) is 2. The molecule has 0 bridgehead atoms. The van der Waals surface area contributed by atoms with Crippen LogP contribution in [0.15, 0.2) is 0 Å². The Balaban J connectivity index is 5.01. The van der Waals surface area contributed by atoms with Crippen LogP contribution in [0.1, 0.15) is 33.1 Å². The van der Waals surface area contributed by atoms with E-state index in [2.05, 4.69) is 0 Å². The Bertz CT molecular complexity index is 548. The number of esters is 2. The molecule has 12 heteroatoms. The summed E-state index contributed by atoms with van der Waals surface area (Å²) in [7, 11) is 0. The van der Waals surface area contributed by atoms with Crippen molar-refractivity contribution in [2.24, 2.45) is 5.92 Å². The third kappa shape index (κ3) is 7.76. The minimum absolute atomic E-state index is 0.248. The molecule has 12 nitrogen and oxygen atoms in total. The highest BCUT2D eigenvalue weighted by Crippen LogP contribution is 2.20. The van der Waals surface area contributed by atoms with Gasteiger partial charge in [0, 0.05) is 5.92 Å². The highest BCUT2D eigenvalue weighted by molar-refractivity contribution is 5.84. The molecule has 0 rings (SSSR count). The molecule has 0 amide bonds. The Morgan fingerprint density at radius 1 is 0.786 bits per heavy atom. The molecule has 0 spiro atoms. The van der Waals surface area contributed by atoms with Crippen LogP contribution in [0.2, 0.25) is 0 Å². The quantitative estimate of drug-likeness (QED) is 0.180. The molecule has 0 fully saturated rings. The van der Waals surface area contributed by atoms with E-state index >= 15 is 0 Å². The predicted molar refractivity (Wildman–Crippen MR) is 88.8 cm³/mol. The van der Waals surface area contributed by atoms with E-state index in [-0.39, 0.29) is 6.42 Å². The second kappa shape index (κ2) is 12.2. The van der Waals surface area contributed by atoms with Crippen molar-refractivity contribution in [1.82, 2.24) is 0 Å². The zero-order valence-electron chi connectivity index (χ0n) is 15.4. The van der Waals surface area contributed by atoms with Crippen molar-refractivity contribution in [3.63, 3.8) is 0 Å². The average molecular weight is 410 g/mol.